The quantitative estimate of drug-likeness (QED) is 0.689. The molecular weight excluding hydrogens is 450 g/mol. The average molecular weight is 466 g/mol. The zero-order valence-corrected chi connectivity index (χ0v) is 16.5. The monoisotopic (exact) mass is 466 g/mol. The van der Waals surface area contributed by atoms with Crippen LogP contribution in [-0.4, -0.2) is 31.7 Å². The standard InChI is InChI=1S/C19H16F6N2O3S/c20-12-1-3-16(22)17(9-12)31(29,30)27-7-5-11(6-8-27)18(28)26-13-2-4-15(21)14(10-13)19(23,24)25/h1-4,9-11H,5-8H2,(H,26,28). The van der Waals surface area contributed by atoms with Gasteiger partial charge in [0.15, 0.2) is 0 Å². The van der Waals surface area contributed by atoms with E-state index < -0.39 is 55.9 Å². The van der Waals surface area contributed by atoms with Crippen LogP contribution in [-0.2, 0) is 21.0 Å². The summed E-state index contributed by atoms with van der Waals surface area (Å²) in [6, 6.07) is 4.08. The van der Waals surface area contributed by atoms with E-state index in [-0.39, 0.29) is 31.6 Å². The second kappa shape index (κ2) is 8.50. The van der Waals surface area contributed by atoms with E-state index in [1.54, 1.807) is 0 Å². The van der Waals surface area contributed by atoms with E-state index in [9.17, 15) is 39.6 Å². The Morgan fingerprint density at radius 3 is 2.19 bits per heavy atom. The van der Waals surface area contributed by atoms with Crippen molar-refractivity contribution in [2.45, 2.75) is 23.9 Å². The molecule has 2 aromatic carbocycles. The Kier molecular flexibility index (Phi) is 6.33. The molecule has 1 amide bonds. The lowest BCUT2D eigenvalue weighted by Crippen LogP contribution is -2.41. The zero-order chi connectivity index (χ0) is 23.0. The Hall–Kier alpha value is -2.60. The summed E-state index contributed by atoms with van der Waals surface area (Å²) in [6.07, 6.45) is -4.92. The highest BCUT2D eigenvalue weighted by molar-refractivity contribution is 7.89. The molecule has 0 radical (unpaired) electrons. The molecule has 1 fully saturated rings. The van der Waals surface area contributed by atoms with Gasteiger partial charge in [-0.1, -0.05) is 0 Å². The Morgan fingerprint density at radius 2 is 1.58 bits per heavy atom. The lowest BCUT2D eigenvalue weighted by atomic mass is 9.97. The topological polar surface area (TPSA) is 66.5 Å². The molecule has 1 saturated heterocycles. The van der Waals surface area contributed by atoms with E-state index in [0.29, 0.717) is 24.3 Å². The van der Waals surface area contributed by atoms with Crippen molar-refractivity contribution in [3.63, 3.8) is 0 Å². The van der Waals surface area contributed by atoms with Gasteiger partial charge >= 0.3 is 6.18 Å². The van der Waals surface area contributed by atoms with Gasteiger partial charge < -0.3 is 5.32 Å². The molecule has 168 valence electrons. The van der Waals surface area contributed by atoms with E-state index in [0.717, 1.165) is 16.4 Å². The normalized spacial score (nSPS) is 16.3. The summed E-state index contributed by atoms with van der Waals surface area (Å²) in [5.41, 5.74) is -1.78. The fraction of sp³-hybridized carbons (Fsp3) is 0.316. The molecule has 0 aromatic heterocycles. The predicted molar refractivity (Wildman–Crippen MR) is 97.9 cm³/mol. The van der Waals surface area contributed by atoms with Gasteiger partial charge in [-0.15, -0.1) is 0 Å². The van der Waals surface area contributed by atoms with Crippen molar-refractivity contribution < 1.29 is 39.6 Å². The van der Waals surface area contributed by atoms with Crippen LogP contribution in [0.5, 0.6) is 0 Å². The summed E-state index contributed by atoms with van der Waals surface area (Å²) in [5, 5.41) is 2.27. The molecule has 0 spiro atoms. The maximum Gasteiger partial charge on any atom is 0.419 e. The highest BCUT2D eigenvalue weighted by atomic mass is 32.2. The molecule has 3 rings (SSSR count). The second-order valence-electron chi connectivity index (χ2n) is 6.93. The minimum atomic E-state index is -4.93. The fourth-order valence-electron chi connectivity index (χ4n) is 3.24. The summed E-state index contributed by atoms with van der Waals surface area (Å²) >= 11 is 0. The van der Waals surface area contributed by atoms with E-state index >= 15 is 0 Å². The fourth-order valence-corrected chi connectivity index (χ4v) is 4.78. The number of carbonyl (C=O) groups excluding carboxylic acids is 1. The second-order valence-corrected chi connectivity index (χ2v) is 8.84. The molecule has 31 heavy (non-hydrogen) atoms. The third-order valence-electron chi connectivity index (χ3n) is 4.88. The summed E-state index contributed by atoms with van der Waals surface area (Å²) in [5.74, 6) is -4.91. The summed E-state index contributed by atoms with van der Waals surface area (Å²) in [4.78, 5) is 11.6. The molecule has 0 bridgehead atoms. The van der Waals surface area contributed by atoms with Gasteiger partial charge in [0.1, 0.15) is 22.3 Å². The zero-order valence-electron chi connectivity index (χ0n) is 15.7. The van der Waals surface area contributed by atoms with Gasteiger partial charge in [0.2, 0.25) is 15.9 Å². The van der Waals surface area contributed by atoms with Crippen molar-refractivity contribution in [3.8, 4) is 0 Å². The number of hydrogen-bond donors (Lipinski definition) is 1. The maximum atomic E-state index is 13.9. The molecule has 0 saturated carbocycles. The Balaban J connectivity index is 1.67. The number of amides is 1. The largest absolute Gasteiger partial charge is 0.419 e. The summed E-state index contributed by atoms with van der Waals surface area (Å²) < 4.78 is 105. The Labute approximate surface area is 173 Å². The number of anilines is 1. The van der Waals surface area contributed by atoms with Crippen LogP contribution in [0, 0.1) is 23.4 Å². The number of nitrogens with zero attached hydrogens (tertiary/aromatic N) is 1. The predicted octanol–water partition coefficient (Wildman–Crippen LogP) is 4.16. The molecule has 2 aromatic rings. The van der Waals surface area contributed by atoms with Crippen LogP contribution in [0.25, 0.3) is 0 Å². The van der Waals surface area contributed by atoms with Gasteiger partial charge in [-0.25, -0.2) is 21.6 Å². The SMILES string of the molecule is O=C(Nc1ccc(F)c(C(F)(F)F)c1)C1CCN(S(=O)(=O)c2cc(F)ccc2F)CC1. The number of carbonyl (C=O) groups is 1. The summed E-state index contributed by atoms with van der Waals surface area (Å²) in [7, 11) is -4.33. The lowest BCUT2D eigenvalue weighted by Gasteiger charge is -2.30. The van der Waals surface area contributed by atoms with Gasteiger partial charge in [-0.3, -0.25) is 4.79 Å². The smallest absolute Gasteiger partial charge is 0.326 e. The third kappa shape index (κ3) is 5.01. The first-order valence-corrected chi connectivity index (χ1v) is 10.5. The summed E-state index contributed by atoms with van der Waals surface area (Å²) in [6.45, 7) is -0.346. The maximum absolute atomic E-state index is 13.9. The van der Waals surface area contributed by atoms with Crippen LogP contribution in [0.2, 0.25) is 0 Å². The van der Waals surface area contributed by atoms with Gasteiger partial charge in [0.05, 0.1) is 5.56 Å². The van der Waals surface area contributed by atoms with E-state index in [1.165, 1.54) is 0 Å². The van der Waals surface area contributed by atoms with Crippen LogP contribution < -0.4 is 5.32 Å². The van der Waals surface area contributed by atoms with Gasteiger partial charge in [0.25, 0.3) is 0 Å². The third-order valence-corrected chi connectivity index (χ3v) is 6.79. The van der Waals surface area contributed by atoms with E-state index in [1.807, 2.05) is 0 Å². The van der Waals surface area contributed by atoms with Gasteiger partial charge in [-0.05, 0) is 49.2 Å². The minimum absolute atomic E-state index is 0.00925. The molecule has 0 unspecified atom stereocenters. The molecule has 1 N–H and O–H groups in total. The van der Waals surface area contributed by atoms with Gasteiger partial charge in [-0.2, -0.15) is 17.5 Å². The van der Waals surface area contributed by atoms with Crippen molar-refractivity contribution in [2.75, 3.05) is 18.4 Å². The van der Waals surface area contributed by atoms with Gasteiger partial charge in [0, 0.05) is 24.7 Å². The van der Waals surface area contributed by atoms with Crippen molar-refractivity contribution in [1.82, 2.24) is 4.31 Å². The number of piperidine rings is 1. The van der Waals surface area contributed by atoms with E-state index in [2.05, 4.69) is 5.32 Å². The number of hydrogen-bond acceptors (Lipinski definition) is 3. The van der Waals surface area contributed by atoms with E-state index in [4.69, 9.17) is 0 Å². The van der Waals surface area contributed by atoms with Crippen LogP contribution in [0.1, 0.15) is 18.4 Å². The molecule has 0 atom stereocenters. The first kappa shape index (κ1) is 23.1. The highest BCUT2D eigenvalue weighted by Gasteiger charge is 2.36. The Bertz CT molecular complexity index is 1100. The number of alkyl halides is 3. The number of halogens is 6. The van der Waals surface area contributed by atoms with Crippen LogP contribution >= 0.6 is 0 Å². The molecular formula is C19H16F6N2O3S. The molecule has 5 nitrogen and oxygen atoms in total. The first-order valence-electron chi connectivity index (χ1n) is 9.02. The molecule has 0 aliphatic carbocycles. The number of sulfonamides is 1. The van der Waals surface area contributed by atoms with Crippen molar-refractivity contribution in [3.05, 3.63) is 59.4 Å². The number of rotatable bonds is 4. The highest BCUT2D eigenvalue weighted by Crippen LogP contribution is 2.33. The van der Waals surface area contributed by atoms with Crippen molar-refractivity contribution >= 4 is 21.6 Å². The lowest BCUT2D eigenvalue weighted by molar-refractivity contribution is -0.140. The average Bonchev–Trinajstić information content (AvgIpc) is 2.70. The molecule has 1 aliphatic heterocycles. The minimum Gasteiger partial charge on any atom is -0.326 e. The molecule has 1 aliphatic rings. The van der Waals surface area contributed by atoms with Crippen LogP contribution in [0.15, 0.2) is 41.3 Å². The van der Waals surface area contributed by atoms with Crippen molar-refractivity contribution in [2.24, 2.45) is 5.92 Å². The van der Waals surface area contributed by atoms with Crippen LogP contribution in [0.3, 0.4) is 0 Å². The first-order chi connectivity index (χ1) is 14.4. The number of benzene rings is 2. The molecule has 12 heteroatoms. The van der Waals surface area contributed by atoms with Crippen LogP contribution in [0.4, 0.5) is 32.0 Å². The van der Waals surface area contributed by atoms with Crippen molar-refractivity contribution in [1.29, 1.82) is 0 Å². The molecule has 1 heterocycles. The Morgan fingerprint density at radius 1 is 0.968 bits per heavy atom. The number of nitrogens with one attached hydrogen (secondary N) is 1.